The first-order valence-corrected chi connectivity index (χ1v) is 6.45. The van der Waals surface area contributed by atoms with Gasteiger partial charge in [0.1, 0.15) is 11.5 Å². The molecule has 0 radical (unpaired) electrons. The van der Waals surface area contributed by atoms with Gasteiger partial charge in [-0.05, 0) is 33.8 Å². The third kappa shape index (κ3) is 3.05. The summed E-state index contributed by atoms with van der Waals surface area (Å²) in [6, 6.07) is 9.97. The van der Waals surface area contributed by atoms with Crippen molar-refractivity contribution in [3.63, 3.8) is 0 Å². The van der Waals surface area contributed by atoms with Crippen LogP contribution < -0.4 is 5.32 Å². The maximum Gasteiger partial charge on any atom is 0.255 e. The highest BCUT2D eigenvalue weighted by atomic mass is 16.3. The first-order valence-electron chi connectivity index (χ1n) is 6.45. The molecular weight excluding hydrogens is 238 g/mol. The second-order valence-corrected chi connectivity index (χ2v) is 5.07. The molecule has 2 aromatic rings. The molecule has 0 aliphatic carbocycles. The number of amides is 1. The van der Waals surface area contributed by atoms with Crippen molar-refractivity contribution in [2.24, 2.45) is 0 Å². The first-order chi connectivity index (χ1) is 8.97. The molecule has 3 heteroatoms. The number of carbonyl (C=O) groups is 1. The SMILES string of the molecule is Cc1ccc(-c2cc(C(=O)NC(C)C)c(C)o2)cc1. The fraction of sp³-hybridized carbons (Fsp3) is 0.312. The van der Waals surface area contributed by atoms with E-state index in [1.807, 2.05) is 52.0 Å². The molecule has 1 aromatic heterocycles. The molecule has 0 aliphatic heterocycles. The van der Waals surface area contributed by atoms with Gasteiger partial charge in [-0.2, -0.15) is 0 Å². The lowest BCUT2D eigenvalue weighted by atomic mass is 10.1. The predicted octanol–water partition coefficient (Wildman–Crippen LogP) is 3.70. The van der Waals surface area contributed by atoms with Crippen LogP contribution in [0.25, 0.3) is 11.3 Å². The number of benzene rings is 1. The number of rotatable bonds is 3. The van der Waals surface area contributed by atoms with Crippen molar-refractivity contribution >= 4 is 5.91 Å². The first kappa shape index (κ1) is 13.4. The van der Waals surface area contributed by atoms with Crippen LogP contribution >= 0.6 is 0 Å². The van der Waals surface area contributed by atoms with Crippen LogP contribution in [0.4, 0.5) is 0 Å². The molecule has 2 rings (SSSR count). The van der Waals surface area contributed by atoms with Gasteiger partial charge in [-0.15, -0.1) is 0 Å². The second kappa shape index (κ2) is 5.31. The molecule has 0 unspecified atom stereocenters. The molecule has 100 valence electrons. The summed E-state index contributed by atoms with van der Waals surface area (Å²) >= 11 is 0. The third-order valence-electron chi connectivity index (χ3n) is 2.92. The molecule has 1 heterocycles. The van der Waals surface area contributed by atoms with Gasteiger partial charge >= 0.3 is 0 Å². The van der Waals surface area contributed by atoms with Crippen LogP contribution in [-0.2, 0) is 0 Å². The minimum Gasteiger partial charge on any atom is -0.461 e. The Morgan fingerprint density at radius 2 is 1.79 bits per heavy atom. The Labute approximate surface area is 113 Å². The van der Waals surface area contributed by atoms with Crippen LogP contribution in [0, 0.1) is 13.8 Å². The standard InChI is InChI=1S/C16H19NO2/c1-10(2)17-16(18)14-9-15(19-12(14)4)13-7-5-11(3)6-8-13/h5-10H,1-4H3,(H,17,18). The summed E-state index contributed by atoms with van der Waals surface area (Å²) in [7, 11) is 0. The predicted molar refractivity (Wildman–Crippen MR) is 76.2 cm³/mol. The summed E-state index contributed by atoms with van der Waals surface area (Å²) in [4.78, 5) is 12.0. The van der Waals surface area contributed by atoms with E-state index in [-0.39, 0.29) is 11.9 Å². The maximum atomic E-state index is 12.0. The minimum absolute atomic E-state index is 0.0883. The summed E-state index contributed by atoms with van der Waals surface area (Å²) in [5, 5.41) is 2.87. The molecule has 1 N–H and O–H groups in total. The number of nitrogens with one attached hydrogen (secondary N) is 1. The third-order valence-corrected chi connectivity index (χ3v) is 2.92. The van der Waals surface area contributed by atoms with Gasteiger partial charge in [0, 0.05) is 11.6 Å². The molecule has 0 aliphatic rings. The molecular formula is C16H19NO2. The zero-order chi connectivity index (χ0) is 14.0. The van der Waals surface area contributed by atoms with Crippen LogP contribution in [0.1, 0.15) is 35.5 Å². The van der Waals surface area contributed by atoms with Gasteiger partial charge in [0.15, 0.2) is 0 Å². The zero-order valence-corrected chi connectivity index (χ0v) is 11.8. The van der Waals surface area contributed by atoms with Crippen molar-refractivity contribution in [2.75, 3.05) is 0 Å². The van der Waals surface area contributed by atoms with Crippen molar-refractivity contribution in [3.05, 3.63) is 47.2 Å². The molecule has 3 nitrogen and oxygen atoms in total. The number of hydrogen-bond donors (Lipinski definition) is 1. The Balaban J connectivity index is 2.30. The van der Waals surface area contributed by atoms with E-state index >= 15 is 0 Å². The highest BCUT2D eigenvalue weighted by molar-refractivity contribution is 5.96. The number of carbonyl (C=O) groups excluding carboxylic acids is 1. The average Bonchev–Trinajstić information content (AvgIpc) is 2.71. The fourth-order valence-corrected chi connectivity index (χ4v) is 1.91. The van der Waals surface area contributed by atoms with Gasteiger partial charge in [-0.3, -0.25) is 4.79 Å². The monoisotopic (exact) mass is 257 g/mol. The van der Waals surface area contributed by atoms with Crippen LogP contribution in [0.5, 0.6) is 0 Å². The van der Waals surface area contributed by atoms with Gasteiger partial charge in [-0.25, -0.2) is 0 Å². The summed E-state index contributed by atoms with van der Waals surface area (Å²) in [6.07, 6.45) is 0. The van der Waals surface area contributed by atoms with Crippen molar-refractivity contribution in [1.82, 2.24) is 5.32 Å². The van der Waals surface area contributed by atoms with Crippen molar-refractivity contribution in [3.8, 4) is 11.3 Å². The molecule has 19 heavy (non-hydrogen) atoms. The quantitative estimate of drug-likeness (QED) is 0.911. The molecule has 0 fully saturated rings. The molecule has 0 atom stereocenters. The normalized spacial score (nSPS) is 10.8. The maximum absolute atomic E-state index is 12.0. The van der Waals surface area contributed by atoms with Gasteiger partial charge < -0.3 is 9.73 Å². The minimum atomic E-state index is -0.0883. The van der Waals surface area contributed by atoms with Crippen molar-refractivity contribution < 1.29 is 9.21 Å². The topological polar surface area (TPSA) is 42.2 Å². The largest absolute Gasteiger partial charge is 0.461 e. The lowest BCUT2D eigenvalue weighted by Gasteiger charge is -2.06. The Kier molecular flexibility index (Phi) is 3.74. The number of aryl methyl sites for hydroxylation is 2. The second-order valence-electron chi connectivity index (χ2n) is 5.07. The highest BCUT2D eigenvalue weighted by Crippen LogP contribution is 2.25. The number of hydrogen-bond acceptors (Lipinski definition) is 2. The van der Waals surface area contributed by atoms with E-state index in [9.17, 15) is 4.79 Å². The van der Waals surface area contributed by atoms with E-state index in [0.717, 1.165) is 11.3 Å². The van der Waals surface area contributed by atoms with E-state index in [1.54, 1.807) is 6.07 Å². The number of furan rings is 1. The van der Waals surface area contributed by atoms with Crippen molar-refractivity contribution in [1.29, 1.82) is 0 Å². The molecule has 1 aromatic carbocycles. The molecule has 0 spiro atoms. The van der Waals surface area contributed by atoms with Gasteiger partial charge in [0.25, 0.3) is 5.91 Å². The lowest BCUT2D eigenvalue weighted by molar-refractivity contribution is 0.0941. The lowest BCUT2D eigenvalue weighted by Crippen LogP contribution is -2.30. The fourth-order valence-electron chi connectivity index (χ4n) is 1.91. The van der Waals surface area contributed by atoms with E-state index < -0.39 is 0 Å². The molecule has 0 saturated heterocycles. The Bertz CT molecular complexity index is 579. The Hall–Kier alpha value is -2.03. The highest BCUT2D eigenvalue weighted by Gasteiger charge is 2.16. The smallest absolute Gasteiger partial charge is 0.255 e. The van der Waals surface area contributed by atoms with E-state index in [1.165, 1.54) is 5.56 Å². The summed E-state index contributed by atoms with van der Waals surface area (Å²) < 4.78 is 5.68. The van der Waals surface area contributed by atoms with Crippen LogP contribution in [-0.4, -0.2) is 11.9 Å². The van der Waals surface area contributed by atoms with Crippen LogP contribution in [0.2, 0.25) is 0 Å². The van der Waals surface area contributed by atoms with Crippen molar-refractivity contribution in [2.45, 2.75) is 33.7 Å². The average molecular weight is 257 g/mol. The Morgan fingerprint density at radius 1 is 1.16 bits per heavy atom. The van der Waals surface area contributed by atoms with E-state index in [2.05, 4.69) is 5.32 Å². The summed E-state index contributed by atoms with van der Waals surface area (Å²) in [5.74, 6) is 1.29. The Morgan fingerprint density at radius 3 is 2.37 bits per heavy atom. The molecule has 0 saturated carbocycles. The van der Waals surface area contributed by atoms with Gasteiger partial charge in [-0.1, -0.05) is 29.8 Å². The summed E-state index contributed by atoms with van der Waals surface area (Å²) in [5.41, 5.74) is 2.78. The molecule has 1 amide bonds. The molecule has 0 bridgehead atoms. The van der Waals surface area contributed by atoms with Crippen LogP contribution in [0.15, 0.2) is 34.7 Å². The van der Waals surface area contributed by atoms with E-state index in [4.69, 9.17) is 4.42 Å². The van der Waals surface area contributed by atoms with Gasteiger partial charge in [0.2, 0.25) is 0 Å². The van der Waals surface area contributed by atoms with E-state index in [0.29, 0.717) is 11.3 Å². The zero-order valence-electron chi connectivity index (χ0n) is 11.8. The van der Waals surface area contributed by atoms with Gasteiger partial charge in [0.05, 0.1) is 5.56 Å². The van der Waals surface area contributed by atoms with Crippen LogP contribution in [0.3, 0.4) is 0 Å². The summed E-state index contributed by atoms with van der Waals surface area (Å²) in [6.45, 7) is 7.73.